The normalized spacial score (nSPS) is 19.7. The van der Waals surface area contributed by atoms with Gasteiger partial charge in [-0.2, -0.15) is 4.99 Å². The van der Waals surface area contributed by atoms with Crippen LogP contribution in [0.1, 0.15) is 19.8 Å². The Balaban J connectivity index is 2.65. The molecule has 0 unspecified atom stereocenters. The number of hydrogen-bond donors (Lipinski definition) is 1. The Morgan fingerprint density at radius 2 is 2.00 bits per heavy atom. The van der Waals surface area contributed by atoms with Gasteiger partial charge in [-0.1, -0.05) is 6.08 Å². The standard InChI is InChI=1S/C10H18N4/c1-3-6-9(12-2)13-10(11)14-7-4-5-8-14/h3,6H,4-5,7-8H2,1-2H3,(H2,11,12,13)/b6-3+. The summed E-state index contributed by atoms with van der Waals surface area (Å²) in [7, 11) is 1.72. The third-order valence-corrected chi connectivity index (χ3v) is 2.20. The minimum absolute atomic E-state index is 0.584. The van der Waals surface area contributed by atoms with E-state index in [-0.39, 0.29) is 0 Å². The van der Waals surface area contributed by atoms with Crippen LogP contribution in [0.4, 0.5) is 0 Å². The highest BCUT2D eigenvalue weighted by atomic mass is 15.3. The summed E-state index contributed by atoms with van der Waals surface area (Å²) in [6.45, 7) is 3.97. The van der Waals surface area contributed by atoms with Gasteiger partial charge >= 0.3 is 0 Å². The number of guanidine groups is 1. The third kappa shape index (κ3) is 2.87. The third-order valence-electron chi connectivity index (χ3n) is 2.20. The molecule has 1 fully saturated rings. The maximum Gasteiger partial charge on any atom is 0.197 e. The summed E-state index contributed by atoms with van der Waals surface area (Å²) in [6.07, 6.45) is 6.17. The van der Waals surface area contributed by atoms with Crippen molar-refractivity contribution in [3.63, 3.8) is 0 Å². The van der Waals surface area contributed by atoms with Gasteiger partial charge in [0.25, 0.3) is 0 Å². The first-order valence-corrected chi connectivity index (χ1v) is 4.96. The fraction of sp³-hybridized carbons (Fsp3) is 0.600. The summed E-state index contributed by atoms with van der Waals surface area (Å²) in [5, 5.41) is 0. The van der Waals surface area contributed by atoms with Crippen molar-refractivity contribution in [3.8, 4) is 0 Å². The molecule has 4 heteroatoms. The summed E-state index contributed by atoms with van der Waals surface area (Å²) in [5.74, 6) is 1.26. The van der Waals surface area contributed by atoms with Crippen molar-refractivity contribution < 1.29 is 0 Å². The van der Waals surface area contributed by atoms with Crippen molar-refractivity contribution in [2.45, 2.75) is 19.8 Å². The zero-order chi connectivity index (χ0) is 10.4. The Hall–Kier alpha value is -1.32. The number of amidine groups is 1. The van der Waals surface area contributed by atoms with Crippen molar-refractivity contribution in [3.05, 3.63) is 12.2 Å². The highest BCUT2D eigenvalue weighted by Gasteiger charge is 2.13. The van der Waals surface area contributed by atoms with E-state index in [9.17, 15) is 0 Å². The van der Waals surface area contributed by atoms with Gasteiger partial charge in [0.1, 0.15) is 0 Å². The zero-order valence-corrected chi connectivity index (χ0v) is 8.90. The maximum absolute atomic E-state index is 5.85. The monoisotopic (exact) mass is 194 g/mol. The van der Waals surface area contributed by atoms with Gasteiger partial charge in [0, 0.05) is 20.1 Å². The Bertz CT molecular complexity index is 259. The van der Waals surface area contributed by atoms with E-state index in [1.54, 1.807) is 7.05 Å². The summed E-state index contributed by atoms with van der Waals surface area (Å²) in [4.78, 5) is 10.4. The largest absolute Gasteiger partial charge is 0.369 e. The van der Waals surface area contributed by atoms with E-state index in [0.29, 0.717) is 11.8 Å². The second kappa shape index (κ2) is 5.42. The number of rotatable bonds is 1. The SMILES string of the molecule is C/C=C/C(=NC)N=C(N)N1CCCC1. The van der Waals surface area contributed by atoms with Crippen LogP contribution in [0.3, 0.4) is 0 Å². The molecule has 1 saturated heterocycles. The molecule has 14 heavy (non-hydrogen) atoms. The first-order chi connectivity index (χ1) is 6.77. The van der Waals surface area contributed by atoms with Crippen LogP contribution in [-0.2, 0) is 0 Å². The van der Waals surface area contributed by atoms with Crippen LogP contribution >= 0.6 is 0 Å². The van der Waals surface area contributed by atoms with Crippen LogP contribution in [0, 0.1) is 0 Å². The number of nitrogens with zero attached hydrogens (tertiary/aromatic N) is 3. The molecule has 1 aliphatic rings. The van der Waals surface area contributed by atoms with Crippen LogP contribution in [0.5, 0.6) is 0 Å². The van der Waals surface area contributed by atoms with Crippen molar-refractivity contribution in [2.75, 3.05) is 20.1 Å². The summed E-state index contributed by atoms with van der Waals surface area (Å²) < 4.78 is 0. The predicted molar refractivity (Wildman–Crippen MR) is 60.6 cm³/mol. The first-order valence-electron chi connectivity index (χ1n) is 4.96. The lowest BCUT2D eigenvalue weighted by Gasteiger charge is -2.15. The van der Waals surface area contributed by atoms with Crippen LogP contribution in [0.2, 0.25) is 0 Å². The van der Waals surface area contributed by atoms with Gasteiger partial charge in [-0.05, 0) is 25.8 Å². The molecule has 0 radical (unpaired) electrons. The zero-order valence-electron chi connectivity index (χ0n) is 8.90. The van der Waals surface area contributed by atoms with Crippen molar-refractivity contribution in [1.82, 2.24) is 4.90 Å². The van der Waals surface area contributed by atoms with E-state index in [1.165, 1.54) is 12.8 Å². The first kappa shape index (κ1) is 10.8. The van der Waals surface area contributed by atoms with E-state index >= 15 is 0 Å². The van der Waals surface area contributed by atoms with Crippen LogP contribution < -0.4 is 5.73 Å². The molecule has 0 saturated carbocycles. The lowest BCUT2D eigenvalue weighted by atomic mass is 10.4. The molecule has 2 N–H and O–H groups in total. The smallest absolute Gasteiger partial charge is 0.197 e. The molecular formula is C10H18N4. The van der Waals surface area contributed by atoms with Gasteiger partial charge in [0.15, 0.2) is 11.8 Å². The second-order valence-corrected chi connectivity index (χ2v) is 3.25. The van der Waals surface area contributed by atoms with E-state index in [2.05, 4.69) is 14.9 Å². The van der Waals surface area contributed by atoms with Gasteiger partial charge in [0.05, 0.1) is 0 Å². The molecule has 0 aliphatic carbocycles. The van der Waals surface area contributed by atoms with Crippen LogP contribution in [0.25, 0.3) is 0 Å². The Morgan fingerprint density at radius 1 is 1.36 bits per heavy atom. The fourth-order valence-corrected chi connectivity index (χ4v) is 1.45. The van der Waals surface area contributed by atoms with Gasteiger partial charge in [-0.25, -0.2) is 0 Å². The van der Waals surface area contributed by atoms with Gasteiger partial charge in [-0.15, -0.1) is 0 Å². The van der Waals surface area contributed by atoms with Crippen molar-refractivity contribution in [1.29, 1.82) is 0 Å². The van der Waals surface area contributed by atoms with Gasteiger partial charge in [-0.3, -0.25) is 4.99 Å². The molecule has 1 aliphatic heterocycles. The highest BCUT2D eigenvalue weighted by Crippen LogP contribution is 2.06. The fourth-order valence-electron chi connectivity index (χ4n) is 1.45. The quantitative estimate of drug-likeness (QED) is 0.500. The molecule has 0 aromatic heterocycles. The summed E-state index contributed by atoms with van der Waals surface area (Å²) in [6, 6.07) is 0. The summed E-state index contributed by atoms with van der Waals surface area (Å²) in [5.41, 5.74) is 5.85. The van der Waals surface area contributed by atoms with Crippen molar-refractivity contribution in [2.24, 2.45) is 15.7 Å². The number of nitrogens with two attached hydrogens (primary N) is 1. The average molecular weight is 194 g/mol. The van der Waals surface area contributed by atoms with Crippen LogP contribution in [-0.4, -0.2) is 36.8 Å². The van der Waals surface area contributed by atoms with Crippen molar-refractivity contribution >= 4 is 11.8 Å². The molecule has 0 amide bonds. The van der Waals surface area contributed by atoms with Gasteiger partial charge < -0.3 is 10.6 Å². The number of aliphatic imine (C=N–C) groups is 2. The summed E-state index contributed by atoms with van der Waals surface area (Å²) >= 11 is 0. The van der Waals surface area contributed by atoms with Crippen LogP contribution in [0.15, 0.2) is 22.1 Å². The van der Waals surface area contributed by atoms with E-state index in [4.69, 9.17) is 5.73 Å². The lowest BCUT2D eigenvalue weighted by molar-refractivity contribution is 0.514. The van der Waals surface area contributed by atoms with E-state index in [0.717, 1.165) is 13.1 Å². The molecule has 1 rings (SSSR count). The second-order valence-electron chi connectivity index (χ2n) is 3.25. The Morgan fingerprint density at radius 3 is 2.50 bits per heavy atom. The number of allylic oxidation sites excluding steroid dienone is 1. The molecule has 0 aromatic rings. The minimum atomic E-state index is 0.584. The lowest BCUT2D eigenvalue weighted by Crippen LogP contribution is -2.35. The molecule has 0 spiro atoms. The maximum atomic E-state index is 5.85. The van der Waals surface area contributed by atoms with E-state index < -0.39 is 0 Å². The van der Waals surface area contributed by atoms with Gasteiger partial charge in [0.2, 0.25) is 0 Å². The molecular weight excluding hydrogens is 176 g/mol. The number of hydrogen-bond acceptors (Lipinski definition) is 1. The molecule has 0 atom stereocenters. The van der Waals surface area contributed by atoms with E-state index in [1.807, 2.05) is 19.1 Å². The molecule has 0 bridgehead atoms. The molecule has 0 aromatic carbocycles. The topological polar surface area (TPSA) is 54.0 Å². The molecule has 78 valence electrons. The highest BCUT2D eigenvalue weighted by molar-refractivity contribution is 6.01. The Kier molecular flexibility index (Phi) is 4.16. The Labute approximate surface area is 85.2 Å². The predicted octanol–water partition coefficient (Wildman–Crippen LogP) is 1.00. The minimum Gasteiger partial charge on any atom is -0.369 e. The average Bonchev–Trinajstić information content (AvgIpc) is 2.69. The molecule has 4 nitrogen and oxygen atoms in total. The number of likely N-dealkylation sites (tertiary alicyclic amines) is 1. The molecule has 1 heterocycles.